The molecule has 0 bridgehead atoms. The summed E-state index contributed by atoms with van der Waals surface area (Å²) in [6.45, 7) is 1.21. The Morgan fingerprint density at radius 3 is 2.34 bits per heavy atom. The molecule has 1 amide bonds. The van der Waals surface area contributed by atoms with E-state index in [-0.39, 0.29) is 16.5 Å². The van der Waals surface area contributed by atoms with Gasteiger partial charge in [0.25, 0.3) is 11.1 Å². The van der Waals surface area contributed by atoms with E-state index in [0.29, 0.717) is 5.56 Å². The summed E-state index contributed by atoms with van der Waals surface area (Å²) in [5.74, 6) is -0.929. The molecule has 1 atom stereocenters. The second kappa shape index (κ2) is 7.82. The van der Waals surface area contributed by atoms with E-state index in [4.69, 9.17) is 0 Å². The van der Waals surface area contributed by atoms with Crippen molar-refractivity contribution in [3.8, 4) is 5.75 Å². The molecule has 0 saturated carbocycles. The van der Waals surface area contributed by atoms with Crippen molar-refractivity contribution in [2.45, 2.75) is 25.9 Å². The number of ether oxygens (including phenoxy) is 1. The minimum absolute atomic E-state index is 0.192. The van der Waals surface area contributed by atoms with Crippen LogP contribution in [0, 0.1) is 0 Å². The molecule has 2 N–H and O–H groups in total. The van der Waals surface area contributed by atoms with Gasteiger partial charge in [-0.3, -0.25) is 19.5 Å². The average molecular weight is 407 g/mol. The third-order valence-corrected chi connectivity index (χ3v) is 4.18. The summed E-state index contributed by atoms with van der Waals surface area (Å²) in [5.41, 5.74) is -0.481. The number of hydrogen-bond acceptors (Lipinski definition) is 4. The monoisotopic (exact) mass is 407 g/mol. The van der Waals surface area contributed by atoms with E-state index in [1.165, 1.54) is 24.3 Å². The highest BCUT2D eigenvalue weighted by Crippen LogP contribution is 2.24. The Kier molecular flexibility index (Phi) is 5.44. The summed E-state index contributed by atoms with van der Waals surface area (Å²) in [5, 5.41) is 5.40. The summed E-state index contributed by atoms with van der Waals surface area (Å²) < 4.78 is 41.3. The first-order chi connectivity index (χ1) is 13.6. The van der Waals surface area contributed by atoms with Crippen LogP contribution in [0.4, 0.5) is 13.2 Å². The second-order valence-corrected chi connectivity index (χ2v) is 6.28. The fourth-order valence-electron chi connectivity index (χ4n) is 2.83. The second-order valence-electron chi connectivity index (χ2n) is 6.28. The van der Waals surface area contributed by atoms with E-state index in [0.717, 1.165) is 16.8 Å². The van der Waals surface area contributed by atoms with Crippen LogP contribution < -0.4 is 21.2 Å². The number of H-pyrrole nitrogens is 1. The number of halogens is 3. The molecule has 10 heteroatoms. The van der Waals surface area contributed by atoms with Crippen molar-refractivity contribution in [2.24, 2.45) is 0 Å². The first kappa shape index (κ1) is 20.2. The Morgan fingerprint density at radius 2 is 1.72 bits per heavy atom. The number of aromatic amines is 1. The van der Waals surface area contributed by atoms with Crippen LogP contribution in [0.15, 0.2) is 58.1 Å². The molecule has 2 aromatic carbocycles. The molecule has 0 fully saturated rings. The molecule has 3 rings (SSSR count). The van der Waals surface area contributed by atoms with Crippen LogP contribution in [0.1, 0.15) is 18.5 Å². The van der Waals surface area contributed by atoms with Crippen LogP contribution in [0.25, 0.3) is 10.8 Å². The lowest BCUT2D eigenvalue weighted by atomic mass is 10.1. The van der Waals surface area contributed by atoms with Crippen LogP contribution in [-0.2, 0) is 11.3 Å². The summed E-state index contributed by atoms with van der Waals surface area (Å²) >= 11 is 0. The molecular weight excluding hydrogens is 391 g/mol. The van der Waals surface area contributed by atoms with E-state index < -0.39 is 36.0 Å². The molecule has 7 nitrogen and oxygen atoms in total. The van der Waals surface area contributed by atoms with Crippen molar-refractivity contribution in [1.82, 2.24) is 15.1 Å². The van der Waals surface area contributed by atoms with Crippen molar-refractivity contribution in [1.29, 1.82) is 0 Å². The van der Waals surface area contributed by atoms with Crippen molar-refractivity contribution < 1.29 is 22.7 Å². The summed E-state index contributed by atoms with van der Waals surface area (Å²) in [7, 11) is 0. The third-order valence-electron chi connectivity index (χ3n) is 4.18. The quantitative estimate of drug-likeness (QED) is 0.680. The number of aromatic nitrogens is 2. The maximum absolute atomic E-state index is 12.4. The fourth-order valence-corrected chi connectivity index (χ4v) is 2.83. The van der Waals surface area contributed by atoms with Crippen LogP contribution in [0.2, 0.25) is 0 Å². The van der Waals surface area contributed by atoms with Crippen molar-refractivity contribution in [2.75, 3.05) is 0 Å². The minimum Gasteiger partial charge on any atom is -0.406 e. The van der Waals surface area contributed by atoms with Gasteiger partial charge in [0.05, 0.1) is 16.8 Å². The fraction of sp³-hybridized carbons (Fsp3) is 0.211. The Morgan fingerprint density at radius 1 is 1.10 bits per heavy atom. The molecule has 0 aliphatic carbocycles. The maximum Gasteiger partial charge on any atom is 0.573 e. The van der Waals surface area contributed by atoms with Crippen molar-refractivity contribution in [3.63, 3.8) is 0 Å². The van der Waals surface area contributed by atoms with Crippen LogP contribution in [-0.4, -0.2) is 22.1 Å². The summed E-state index contributed by atoms with van der Waals surface area (Å²) in [6, 6.07) is 10.7. The number of carbonyl (C=O) groups is 1. The van der Waals surface area contributed by atoms with Gasteiger partial charge in [0.1, 0.15) is 12.3 Å². The molecule has 0 spiro atoms. The van der Waals surface area contributed by atoms with Crippen LogP contribution >= 0.6 is 0 Å². The lowest BCUT2D eigenvalue weighted by Crippen LogP contribution is -2.37. The Balaban J connectivity index is 1.71. The SMILES string of the molecule is CC(NC(=O)Cn1[nH]c(=O)c2ccccc2c1=O)c1ccc(OC(F)(F)F)cc1. The van der Waals surface area contributed by atoms with Gasteiger partial charge in [-0.1, -0.05) is 24.3 Å². The normalized spacial score (nSPS) is 12.6. The van der Waals surface area contributed by atoms with Gasteiger partial charge in [0.2, 0.25) is 5.91 Å². The number of alkyl halides is 3. The molecule has 1 aromatic heterocycles. The van der Waals surface area contributed by atoms with Gasteiger partial charge in [-0.05, 0) is 36.8 Å². The first-order valence-electron chi connectivity index (χ1n) is 8.51. The highest BCUT2D eigenvalue weighted by molar-refractivity contribution is 5.81. The molecule has 0 radical (unpaired) electrons. The van der Waals surface area contributed by atoms with Gasteiger partial charge < -0.3 is 10.1 Å². The Hall–Kier alpha value is -3.56. The van der Waals surface area contributed by atoms with Crippen LogP contribution in [0.5, 0.6) is 5.75 Å². The molecule has 29 heavy (non-hydrogen) atoms. The van der Waals surface area contributed by atoms with E-state index in [1.54, 1.807) is 19.1 Å². The Bertz CT molecular complexity index is 1150. The van der Waals surface area contributed by atoms with Crippen molar-refractivity contribution >= 4 is 16.7 Å². The zero-order chi connectivity index (χ0) is 21.2. The zero-order valence-corrected chi connectivity index (χ0v) is 15.1. The first-order valence-corrected chi connectivity index (χ1v) is 8.51. The van der Waals surface area contributed by atoms with Gasteiger partial charge >= 0.3 is 6.36 Å². The van der Waals surface area contributed by atoms with Crippen molar-refractivity contribution in [3.05, 3.63) is 74.8 Å². The number of benzene rings is 2. The zero-order valence-electron chi connectivity index (χ0n) is 15.1. The highest BCUT2D eigenvalue weighted by Gasteiger charge is 2.31. The van der Waals surface area contributed by atoms with Gasteiger partial charge in [-0.15, -0.1) is 13.2 Å². The molecule has 1 heterocycles. The minimum atomic E-state index is -4.79. The Labute approximate surface area is 161 Å². The van der Waals surface area contributed by atoms with E-state index >= 15 is 0 Å². The topological polar surface area (TPSA) is 93.2 Å². The van der Waals surface area contributed by atoms with Gasteiger partial charge in [0, 0.05) is 0 Å². The van der Waals surface area contributed by atoms with Gasteiger partial charge in [-0.2, -0.15) is 0 Å². The molecule has 0 aliphatic rings. The third kappa shape index (κ3) is 4.84. The highest BCUT2D eigenvalue weighted by atomic mass is 19.4. The van der Waals surface area contributed by atoms with Gasteiger partial charge in [-0.25, -0.2) is 4.68 Å². The number of nitrogens with one attached hydrogen (secondary N) is 2. The summed E-state index contributed by atoms with van der Waals surface area (Å²) in [4.78, 5) is 36.8. The number of amides is 1. The molecule has 152 valence electrons. The van der Waals surface area contributed by atoms with Crippen LogP contribution in [0.3, 0.4) is 0 Å². The number of fused-ring (bicyclic) bond motifs is 1. The van der Waals surface area contributed by atoms with E-state index in [9.17, 15) is 27.6 Å². The molecule has 1 unspecified atom stereocenters. The molecule has 0 aliphatic heterocycles. The largest absolute Gasteiger partial charge is 0.573 e. The lowest BCUT2D eigenvalue weighted by Gasteiger charge is -2.16. The number of hydrogen-bond donors (Lipinski definition) is 2. The van der Waals surface area contributed by atoms with E-state index in [1.807, 2.05) is 0 Å². The maximum atomic E-state index is 12.4. The molecule has 0 saturated heterocycles. The standard InChI is InChI=1S/C19H16F3N3O4/c1-11(12-6-8-13(9-7-12)29-19(20,21)22)23-16(26)10-25-18(28)15-5-3-2-4-14(15)17(27)24-25/h2-9,11H,10H2,1H3,(H,23,26)(H,24,27). The summed E-state index contributed by atoms with van der Waals surface area (Å²) in [6.07, 6.45) is -4.79. The van der Waals surface area contributed by atoms with Gasteiger partial charge in [0.15, 0.2) is 0 Å². The smallest absolute Gasteiger partial charge is 0.406 e. The molecular formula is C19H16F3N3O4. The predicted molar refractivity (Wildman–Crippen MR) is 98.5 cm³/mol. The number of nitrogens with zero attached hydrogens (tertiary/aromatic N) is 1. The lowest BCUT2D eigenvalue weighted by molar-refractivity contribution is -0.274. The molecule has 3 aromatic rings. The number of carbonyl (C=O) groups excluding carboxylic acids is 1. The predicted octanol–water partition coefficient (Wildman–Crippen LogP) is 2.47. The average Bonchev–Trinajstić information content (AvgIpc) is 2.65. The number of rotatable bonds is 5. The van der Waals surface area contributed by atoms with E-state index in [2.05, 4.69) is 15.2 Å².